The molecule has 0 heterocycles. The number of alkyl carbamates (subject to hydrolysis) is 1. The number of esters is 1. The lowest BCUT2D eigenvalue weighted by Crippen LogP contribution is -2.15. The first kappa shape index (κ1) is 16.3. The van der Waals surface area contributed by atoms with E-state index >= 15 is 0 Å². The van der Waals surface area contributed by atoms with Gasteiger partial charge in [0.1, 0.15) is 6.61 Å². The zero-order valence-corrected chi connectivity index (χ0v) is 11.9. The normalized spacial score (nSPS) is 10.0. The molecule has 0 fully saturated rings. The van der Waals surface area contributed by atoms with Crippen molar-refractivity contribution in [2.75, 3.05) is 13.7 Å². The lowest BCUT2D eigenvalue weighted by atomic mass is 10.2. The Balaban J connectivity index is 2.89. The van der Waals surface area contributed by atoms with Crippen LogP contribution in [0, 0.1) is 0 Å². The topological polar surface area (TPSA) is 73.9 Å². The molecule has 112 valence electrons. The average molecular weight is 291 g/mol. The van der Waals surface area contributed by atoms with Gasteiger partial charge < -0.3 is 14.2 Å². The molecule has 1 amide bonds. The molecule has 21 heavy (non-hydrogen) atoms. The smallest absolute Gasteiger partial charge is 0.410 e. The van der Waals surface area contributed by atoms with Crippen LogP contribution in [0.15, 0.2) is 37.1 Å². The molecule has 1 aromatic rings. The summed E-state index contributed by atoms with van der Waals surface area (Å²) in [4.78, 5) is 21.9. The molecule has 0 saturated carbocycles. The van der Waals surface area contributed by atoms with Gasteiger partial charge in [0.05, 0.1) is 7.11 Å². The van der Waals surface area contributed by atoms with Crippen LogP contribution in [0.2, 0.25) is 0 Å². The number of methoxy groups -OCH3 is 1. The maximum absolute atomic E-state index is 11.0. The predicted octanol–water partition coefficient (Wildman–Crippen LogP) is 2.50. The Hall–Kier alpha value is -2.76. The Morgan fingerprint density at radius 3 is 2.71 bits per heavy atom. The fourth-order valence-electron chi connectivity index (χ4n) is 1.39. The molecule has 0 aliphatic carbocycles. The monoisotopic (exact) mass is 291 g/mol. The van der Waals surface area contributed by atoms with Crippen LogP contribution in [0.3, 0.4) is 0 Å². The third-order valence-corrected chi connectivity index (χ3v) is 2.24. The van der Waals surface area contributed by atoms with Crippen LogP contribution in [0.4, 0.5) is 4.79 Å². The molecule has 0 unspecified atom stereocenters. The van der Waals surface area contributed by atoms with Crippen molar-refractivity contribution >= 4 is 18.1 Å². The number of rotatable bonds is 6. The zero-order valence-electron chi connectivity index (χ0n) is 11.9. The molecule has 6 nitrogen and oxygen atoms in total. The fraction of sp³-hybridized carbons (Fsp3) is 0.200. The van der Waals surface area contributed by atoms with Crippen molar-refractivity contribution in [3.05, 3.63) is 42.6 Å². The molecular formula is C15H17NO5. The quantitative estimate of drug-likeness (QED) is 0.495. The highest BCUT2D eigenvalue weighted by atomic mass is 16.6. The summed E-state index contributed by atoms with van der Waals surface area (Å²) in [5.74, 6) is 0.293. The highest BCUT2D eigenvalue weighted by Crippen LogP contribution is 2.29. The standard InChI is InChI=1S/C15H17NO5/c1-4-9-20-14-10-12(7-8-16-15(18)19-3)5-6-13(14)21-11(2)17/h4-8,10H,1,9H2,2-3H3,(H,16,18). The molecule has 0 aromatic heterocycles. The maximum Gasteiger partial charge on any atom is 0.410 e. The van der Waals surface area contributed by atoms with Crippen molar-refractivity contribution in [1.82, 2.24) is 5.32 Å². The van der Waals surface area contributed by atoms with Crippen molar-refractivity contribution in [2.24, 2.45) is 0 Å². The molecule has 0 aliphatic heterocycles. The Kier molecular flexibility index (Phi) is 6.53. The highest BCUT2D eigenvalue weighted by Gasteiger charge is 2.08. The van der Waals surface area contributed by atoms with Gasteiger partial charge in [0, 0.05) is 13.1 Å². The van der Waals surface area contributed by atoms with Gasteiger partial charge in [0.2, 0.25) is 0 Å². The van der Waals surface area contributed by atoms with E-state index in [0.717, 1.165) is 5.56 Å². The Bertz CT molecular complexity index is 551. The fourth-order valence-corrected chi connectivity index (χ4v) is 1.39. The second-order valence-electron chi connectivity index (χ2n) is 3.87. The lowest BCUT2D eigenvalue weighted by Gasteiger charge is -2.10. The SMILES string of the molecule is C=CCOc1cc(C=CNC(=O)OC)ccc1OC(C)=O. The van der Waals surface area contributed by atoms with E-state index in [1.807, 2.05) is 0 Å². The molecule has 1 rings (SSSR count). The molecule has 0 bridgehead atoms. The lowest BCUT2D eigenvalue weighted by molar-refractivity contribution is -0.132. The second kappa shape index (κ2) is 8.42. The first-order valence-corrected chi connectivity index (χ1v) is 6.14. The van der Waals surface area contributed by atoms with E-state index in [1.54, 1.807) is 30.4 Å². The number of hydrogen-bond donors (Lipinski definition) is 1. The summed E-state index contributed by atoms with van der Waals surface area (Å²) in [5, 5.41) is 2.41. The van der Waals surface area contributed by atoms with Crippen LogP contribution in [0.1, 0.15) is 12.5 Å². The van der Waals surface area contributed by atoms with Gasteiger partial charge in [-0.05, 0) is 23.8 Å². The van der Waals surface area contributed by atoms with E-state index in [0.29, 0.717) is 11.5 Å². The van der Waals surface area contributed by atoms with Crippen LogP contribution >= 0.6 is 0 Å². The second-order valence-corrected chi connectivity index (χ2v) is 3.87. The van der Waals surface area contributed by atoms with Gasteiger partial charge in [-0.3, -0.25) is 10.1 Å². The summed E-state index contributed by atoms with van der Waals surface area (Å²) in [5.41, 5.74) is 0.751. The zero-order chi connectivity index (χ0) is 15.7. The van der Waals surface area contributed by atoms with Gasteiger partial charge >= 0.3 is 12.1 Å². The Morgan fingerprint density at radius 1 is 1.33 bits per heavy atom. The number of amides is 1. The molecule has 0 radical (unpaired) electrons. The van der Waals surface area contributed by atoms with Crippen LogP contribution < -0.4 is 14.8 Å². The molecule has 0 saturated heterocycles. The van der Waals surface area contributed by atoms with Gasteiger partial charge in [-0.2, -0.15) is 0 Å². The van der Waals surface area contributed by atoms with Gasteiger partial charge in [-0.25, -0.2) is 4.79 Å². The molecule has 0 spiro atoms. The van der Waals surface area contributed by atoms with Crippen LogP contribution in [0.5, 0.6) is 11.5 Å². The van der Waals surface area contributed by atoms with Gasteiger partial charge in [0.25, 0.3) is 0 Å². The average Bonchev–Trinajstić information content (AvgIpc) is 2.46. The number of ether oxygens (including phenoxy) is 3. The first-order chi connectivity index (χ1) is 10.1. The molecule has 1 N–H and O–H groups in total. The van der Waals surface area contributed by atoms with Crippen molar-refractivity contribution in [1.29, 1.82) is 0 Å². The summed E-state index contributed by atoms with van der Waals surface area (Å²) < 4.78 is 14.9. The summed E-state index contributed by atoms with van der Waals surface area (Å²) in [7, 11) is 1.28. The van der Waals surface area contributed by atoms with E-state index in [2.05, 4.69) is 16.6 Å². The maximum atomic E-state index is 11.0. The first-order valence-electron chi connectivity index (χ1n) is 6.14. The molecule has 6 heteroatoms. The van der Waals surface area contributed by atoms with E-state index in [-0.39, 0.29) is 6.61 Å². The van der Waals surface area contributed by atoms with E-state index in [1.165, 1.54) is 20.2 Å². The van der Waals surface area contributed by atoms with Crippen LogP contribution in [-0.4, -0.2) is 25.8 Å². The highest BCUT2D eigenvalue weighted by molar-refractivity contribution is 5.72. The van der Waals surface area contributed by atoms with Gasteiger partial charge in [-0.1, -0.05) is 18.7 Å². The summed E-state index contributed by atoms with van der Waals surface area (Å²) in [6.07, 6.45) is 4.10. The van der Waals surface area contributed by atoms with Crippen molar-refractivity contribution in [3.63, 3.8) is 0 Å². The minimum absolute atomic E-state index is 0.280. The third-order valence-electron chi connectivity index (χ3n) is 2.24. The van der Waals surface area contributed by atoms with E-state index < -0.39 is 12.1 Å². The molecule has 0 aliphatic rings. The van der Waals surface area contributed by atoms with Crippen LogP contribution in [-0.2, 0) is 9.53 Å². The Morgan fingerprint density at radius 2 is 2.10 bits per heavy atom. The third kappa shape index (κ3) is 5.82. The predicted molar refractivity (Wildman–Crippen MR) is 78.0 cm³/mol. The molecule has 0 atom stereocenters. The molecular weight excluding hydrogens is 274 g/mol. The number of nitrogens with one attached hydrogen (secondary N) is 1. The number of benzene rings is 1. The summed E-state index contributed by atoms with van der Waals surface area (Å²) in [6.45, 7) is 5.15. The van der Waals surface area contributed by atoms with E-state index in [9.17, 15) is 9.59 Å². The minimum atomic E-state index is -0.564. The van der Waals surface area contributed by atoms with Gasteiger partial charge in [-0.15, -0.1) is 0 Å². The number of hydrogen-bond acceptors (Lipinski definition) is 5. The van der Waals surface area contributed by atoms with Crippen LogP contribution in [0.25, 0.3) is 6.08 Å². The van der Waals surface area contributed by atoms with E-state index in [4.69, 9.17) is 9.47 Å². The molecule has 1 aromatic carbocycles. The number of carbonyl (C=O) groups is 2. The van der Waals surface area contributed by atoms with Crippen molar-refractivity contribution < 1.29 is 23.8 Å². The summed E-state index contributed by atoms with van der Waals surface area (Å²) >= 11 is 0. The number of carbonyl (C=O) groups excluding carboxylic acids is 2. The minimum Gasteiger partial charge on any atom is -0.486 e. The largest absolute Gasteiger partial charge is 0.486 e. The van der Waals surface area contributed by atoms with Crippen molar-refractivity contribution in [2.45, 2.75) is 6.92 Å². The Labute approximate surface area is 123 Å². The van der Waals surface area contributed by atoms with Gasteiger partial charge in [0.15, 0.2) is 11.5 Å². The van der Waals surface area contributed by atoms with Crippen molar-refractivity contribution in [3.8, 4) is 11.5 Å². The summed E-state index contributed by atoms with van der Waals surface area (Å²) in [6, 6.07) is 5.00.